The number of nitro groups is 1. The van der Waals surface area contributed by atoms with Gasteiger partial charge >= 0.3 is 5.82 Å². The first kappa shape index (κ1) is 12.6. The number of aromatic nitrogens is 4. The van der Waals surface area contributed by atoms with Crippen LogP contribution in [0.15, 0.2) is 10.7 Å². The van der Waals surface area contributed by atoms with Gasteiger partial charge < -0.3 is 15.8 Å². The fraction of sp³-hybridized carbons (Fsp3) is 0.333. The number of hydrogen-bond donors (Lipinski definition) is 1. The molecule has 0 aliphatic heterocycles. The lowest BCUT2D eigenvalue weighted by Crippen LogP contribution is -2.05. The molecule has 2 aromatic heterocycles. The van der Waals surface area contributed by atoms with Crippen molar-refractivity contribution in [2.45, 2.75) is 13.5 Å². The summed E-state index contributed by atoms with van der Waals surface area (Å²) in [5, 5.41) is 18.7. The Bertz CT molecular complexity index is 617. The third-order valence-electron chi connectivity index (χ3n) is 2.59. The number of rotatable bonds is 3. The van der Waals surface area contributed by atoms with Crippen molar-refractivity contribution in [3.05, 3.63) is 32.0 Å². The first-order valence-corrected chi connectivity index (χ1v) is 5.84. The van der Waals surface area contributed by atoms with Crippen molar-refractivity contribution in [2.24, 2.45) is 7.05 Å². The minimum Gasteiger partial charge on any atom is -0.384 e. The van der Waals surface area contributed by atoms with E-state index in [-0.39, 0.29) is 5.82 Å². The molecule has 0 saturated heterocycles. The van der Waals surface area contributed by atoms with E-state index in [1.54, 1.807) is 17.9 Å². The van der Waals surface area contributed by atoms with Crippen LogP contribution in [0.1, 0.15) is 11.3 Å². The summed E-state index contributed by atoms with van der Waals surface area (Å²) in [5.41, 5.74) is 7.46. The van der Waals surface area contributed by atoms with Crippen LogP contribution in [0.5, 0.6) is 0 Å². The molecule has 2 aromatic rings. The summed E-state index contributed by atoms with van der Waals surface area (Å²) in [7, 11) is 1.74. The van der Waals surface area contributed by atoms with Gasteiger partial charge in [-0.1, -0.05) is 0 Å². The van der Waals surface area contributed by atoms with E-state index in [9.17, 15) is 10.1 Å². The maximum Gasteiger partial charge on any atom is 0.404 e. The average molecular weight is 315 g/mol. The SMILES string of the molecule is Cc1nn(C)c(N)c1Cn1cc(Br)c([N+](=O)[O-])n1. The predicted octanol–water partition coefficient (Wildman–Crippen LogP) is 1.23. The first-order chi connectivity index (χ1) is 8.40. The van der Waals surface area contributed by atoms with E-state index in [1.165, 1.54) is 4.68 Å². The van der Waals surface area contributed by atoms with Crippen molar-refractivity contribution in [1.29, 1.82) is 0 Å². The second-order valence-electron chi connectivity index (χ2n) is 3.83. The third kappa shape index (κ3) is 2.08. The Morgan fingerprint density at radius 2 is 2.22 bits per heavy atom. The van der Waals surface area contributed by atoms with Crippen molar-refractivity contribution in [3.8, 4) is 0 Å². The van der Waals surface area contributed by atoms with E-state index < -0.39 is 4.92 Å². The lowest BCUT2D eigenvalue weighted by atomic mass is 10.2. The Balaban J connectivity index is 2.34. The van der Waals surface area contributed by atoms with Gasteiger partial charge in [0, 0.05) is 12.6 Å². The van der Waals surface area contributed by atoms with Gasteiger partial charge in [-0.15, -0.1) is 0 Å². The molecule has 0 radical (unpaired) electrons. The van der Waals surface area contributed by atoms with E-state index in [0.717, 1.165) is 11.3 Å². The summed E-state index contributed by atoms with van der Waals surface area (Å²) < 4.78 is 3.37. The number of halogens is 1. The van der Waals surface area contributed by atoms with Crippen LogP contribution in [0.4, 0.5) is 11.6 Å². The lowest BCUT2D eigenvalue weighted by Gasteiger charge is -1.98. The van der Waals surface area contributed by atoms with Crippen LogP contribution in [0, 0.1) is 17.0 Å². The Hall–Kier alpha value is -1.90. The highest BCUT2D eigenvalue weighted by atomic mass is 79.9. The monoisotopic (exact) mass is 314 g/mol. The highest BCUT2D eigenvalue weighted by Crippen LogP contribution is 2.24. The highest BCUT2D eigenvalue weighted by molar-refractivity contribution is 9.10. The van der Waals surface area contributed by atoms with Crippen LogP contribution in [0.3, 0.4) is 0 Å². The molecular formula is C9H11BrN6O2. The van der Waals surface area contributed by atoms with E-state index >= 15 is 0 Å². The lowest BCUT2D eigenvalue weighted by molar-refractivity contribution is -0.390. The minimum absolute atomic E-state index is 0.213. The summed E-state index contributed by atoms with van der Waals surface area (Å²) in [4.78, 5) is 10.1. The molecule has 0 spiro atoms. The van der Waals surface area contributed by atoms with Gasteiger partial charge in [0.15, 0.2) is 0 Å². The second kappa shape index (κ2) is 4.41. The molecular weight excluding hydrogens is 304 g/mol. The normalized spacial score (nSPS) is 10.8. The number of nitrogens with two attached hydrogens (primary N) is 1. The Morgan fingerprint density at radius 1 is 1.56 bits per heavy atom. The summed E-state index contributed by atoms with van der Waals surface area (Å²) in [6, 6.07) is 0. The van der Waals surface area contributed by atoms with E-state index in [1.807, 2.05) is 6.92 Å². The number of nitrogens with zero attached hydrogens (tertiary/aromatic N) is 5. The minimum atomic E-state index is -0.542. The molecule has 0 aliphatic rings. The number of hydrogen-bond acceptors (Lipinski definition) is 5. The zero-order valence-corrected chi connectivity index (χ0v) is 11.4. The zero-order chi connectivity index (χ0) is 13.4. The zero-order valence-electron chi connectivity index (χ0n) is 9.79. The topological polar surface area (TPSA) is 105 Å². The van der Waals surface area contributed by atoms with Gasteiger partial charge in [-0.2, -0.15) is 9.78 Å². The van der Waals surface area contributed by atoms with Gasteiger partial charge in [-0.05, 0) is 27.8 Å². The van der Waals surface area contributed by atoms with Crippen molar-refractivity contribution >= 4 is 27.6 Å². The maximum atomic E-state index is 10.7. The summed E-state index contributed by atoms with van der Waals surface area (Å²) in [6.45, 7) is 2.18. The van der Waals surface area contributed by atoms with Crippen LogP contribution in [-0.2, 0) is 13.6 Å². The van der Waals surface area contributed by atoms with Crippen LogP contribution < -0.4 is 5.73 Å². The molecule has 2 heterocycles. The summed E-state index contributed by atoms with van der Waals surface area (Å²) in [5.74, 6) is 0.317. The first-order valence-electron chi connectivity index (χ1n) is 5.05. The average Bonchev–Trinajstić information content (AvgIpc) is 2.75. The Kier molecular flexibility index (Phi) is 3.07. The molecule has 18 heavy (non-hydrogen) atoms. The van der Waals surface area contributed by atoms with Crippen molar-refractivity contribution in [3.63, 3.8) is 0 Å². The van der Waals surface area contributed by atoms with E-state index in [0.29, 0.717) is 16.8 Å². The number of anilines is 1. The van der Waals surface area contributed by atoms with Crippen molar-refractivity contribution in [1.82, 2.24) is 19.6 Å². The molecule has 0 unspecified atom stereocenters. The van der Waals surface area contributed by atoms with Gasteiger partial charge in [0.2, 0.25) is 0 Å². The fourth-order valence-corrected chi connectivity index (χ4v) is 2.13. The Morgan fingerprint density at radius 3 is 2.67 bits per heavy atom. The van der Waals surface area contributed by atoms with Gasteiger partial charge in [0.05, 0.1) is 23.5 Å². The molecule has 96 valence electrons. The van der Waals surface area contributed by atoms with Crippen molar-refractivity contribution in [2.75, 3.05) is 5.73 Å². The van der Waals surface area contributed by atoms with Gasteiger partial charge in [-0.3, -0.25) is 4.68 Å². The third-order valence-corrected chi connectivity index (χ3v) is 3.15. The summed E-state index contributed by atoms with van der Waals surface area (Å²) >= 11 is 3.10. The predicted molar refractivity (Wildman–Crippen MR) is 68.0 cm³/mol. The molecule has 0 amide bonds. The molecule has 2 rings (SSSR count). The molecule has 0 aliphatic carbocycles. The van der Waals surface area contributed by atoms with Crippen LogP contribution in [0.25, 0.3) is 0 Å². The number of nitrogen functional groups attached to an aromatic ring is 1. The van der Waals surface area contributed by atoms with Gasteiger partial charge in [-0.25, -0.2) is 0 Å². The van der Waals surface area contributed by atoms with Crippen LogP contribution in [0.2, 0.25) is 0 Å². The summed E-state index contributed by atoms with van der Waals surface area (Å²) in [6.07, 6.45) is 1.55. The van der Waals surface area contributed by atoms with Gasteiger partial charge in [0.25, 0.3) is 0 Å². The molecule has 0 saturated carbocycles. The second-order valence-corrected chi connectivity index (χ2v) is 4.68. The van der Waals surface area contributed by atoms with Crippen molar-refractivity contribution < 1.29 is 4.92 Å². The quantitative estimate of drug-likeness (QED) is 0.677. The standard InChI is InChI=1S/C9H11BrN6O2/c1-5-6(8(11)14(2)12-5)3-15-4-7(10)9(13-15)16(17)18/h4H,3,11H2,1-2H3. The molecule has 2 N–H and O–H groups in total. The fourth-order valence-electron chi connectivity index (χ4n) is 1.67. The van der Waals surface area contributed by atoms with Crippen LogP contribution >= 0.6 is 15.9 Å². The highest BCUT2D eigenvalue weighted by Gasteiger charge is 2.20. The molecule has 9 heteroatoms. The largest absolute Gasteiger partial charge is 0.404 e. The van der Waals surface area contributed by atoms with E-state index in [4.69, 9.17) is 5.73 Å². The molecule has 0 fully saturated rings. The smallest absolute Gasteiger partial charge is 0.384 e. The maximum absolute atomic E-state index is 10.7. The molecule has 0 bridgehead atoms. The van der Waals surface area contributed by atoms with Gasteiger partial charge in [0.1, 0.15) is 10.3 Å². The number of aryl methyl sites for hydroxylation is 2. The Labute approximate surface area is 111 Å². The molecule has 8 nitrogen and oxygen atoms in total. The van der Waals surface area contributed by atoms with E-state index in [2.05, 4.69) is 26.1 Å². The van der Waals surface area contributed by atoms with Crippen LogP contribution in [-0.4, -0.2) is 24.5 Å². The molecule has 0 aromatic carbocycles. The molecule has 0 atom stereocenters.